The third kappa shape index (κ3) is 4.49. The molecule has 160 valence electrons. The molecule has 6 nitrogen and oxygen atoms in total. The lowest BCUT2D eigenvalue weighted by molar-refractivity contribution is -0.115. The lowest BCUT2D eigenvalue weighted by Gasteiger charge is -2.14. The number of aromatic nitrogens is 2. The molecule has 2 amide bonds. The lowest BCUT2D eigenvalue weighted by Crippen LogP contribution is -2.33. The van der Waals surface area contributed by atoms with Crippen molar-refractivity contribution < 1.29 is 9.59 Å². The average molecular weight is 425 g/mol. The highest BCUT2D eigenvalue weighted by molar-refractivity contribution is 6.08. The maximum atomic E-state index is 13.0. The van der Waals surface area contributed by atoms with Crippen molar-refractivity contribution in [3.05, 3.63) is 89.2 Å². The van der Waals surface area contributed by atoms with Gasteiger partial charge in [0.2, 0.25) is 5.91 Å². The van der Waals surface area contributed by atoms with Gasteiger partial charge in [-0.05, 0) is 56.2 Å². The van der Waals surface area contributed by atoms with Gasteiger partial charge in [0.15, 0.2) is 0 Å². The Morgan fingerprint density at radius 1 is 0.938 bits per heavy atom. The molecule has 0 unspecified atom stereocenters. The molecule has 0 bridgehead atoms. The van der Waals surface area contributed by atoms with E-state index in [4.69, 9.17) is 0 Å². The number of carbonyl (C=O) groups excluding carboxylic acids is 2. The first-order valence-electron chi connectivity index (χ1n) is 10.4. The van der Waals surface area contributed by atoms with Crippen LogP contribution in [0.25, 0.3) is 22.2 Å². The van der Waals surface area contributed by atoms with Crippen LogP contribution in [-0.2, 0) is 4.79 Å². The summed E-state index contributed by atoms with van der Waals surface area (Å²) >= 11 is 0. The largest absolute Gasteiger partial charge is 0.343 e. The van der Waals surface area contributed by atoms with Gasteiger partial charge in [-0.1, -0.05) is 35.9 Å². The second kappa shape index (κ2) is 8.98. The van der Waals surface area contributed by atoms with Gasteiger partial charge < -0.3 is 10.6 Å². The molecule has 0 saturated heterocycles. The van der Waals surface area contributed by atoms with Crippen molar-refractivity contribution in [2.24, 2.45) is 0 Å². The smallest absolute Gasteiger partial charge is 0.252 e. The minimum absolute atomic E-state index is 0.134. The summed E-state index contributed by atoms with van der Waals surface area (Å²) in [6, 6.07) is 16.9. The van der Waals surface area contributed by atoms with E-state index in [1.165, 1.54) is 0 Å². The maximum absolute atomic E-state index is 13.0. The Labute approximate surface area is 186 Å². The van der Waals surface area contributed by atoms with E-state index in [1.54, 1.807) is 18.5 Å². The minimum atomic E-state index is -0.332. The molecule has 2 N–H and O–H groups in total. The second-order valence-corrected chi connectivity index (χ2v) is 7.82. The zero-order valence-corrected chi connectivity index (χ0v) is 18.3. The predicted octanol–water partition coefficient (Wildman–Crippen LogP) is 4.59. The highest BCUT2D eigenvalue weighted by Crippen LogP contribution is 2.25. The number of aryl methyl sites for hydroxylation is 3. The van der Waals surface area contributed by atoms with Gasteiger partial charge in [0.25, 0.3) is 5.91 Å². The van der Waals surface area contributed by atoms with Crippen LogP contribution in [0.15, 0.2) is 67.0 Å². The van der Waals surface area contributed by atoms with E-state index in [9.17, 15) is 9.59 Å². The number of hydrogen-bond donors (Lipinski definition) is 2. The number of hydrogen-bond acceptors (Lipinski definition) is 4. The van der Waals surface area contributed by atoms with E-state index in [-0.39, 0.29) is 18.4 Å². The summed E-state index contributed by atoms with van der Waals surface area (Å²) < 4.78 is 0. The Bertz CT molecular complexity index is 1290. The maximum Gasteiger partial charge on any atom is 0.252 e. The Kier molecular flexibility index (Phi) is 5.94. The molecule has 2 aromatic heterocycles. The normalized spacial score (nSPS) is 10.7. The van der Waals surface area contributed by atoms with E-state index >= 15 is 0 Å². The fraction of sp³-hybridized carbons (Fsp3) is 0.154. The van der Waals surface area contributed by atoms with Crippen molar-refractivity contribution in [1.82, 2.24) is 15.3 Å². The van der Waals surface area contributed by atoms with Crippen LogP contribution in [0.5, 0.6) is 0 Å². The number of fused-ring (bicyclic) bond motifs is 1. The topological polar surface area (TPSA) is 84.0 Å². The molecule has 4 rings (SSSR count). The van der Waals surface area contributed by atoms with Crippen molar-refractivity contribution in [3.63, 3.8) is 0 Å². The molecular weight excluding hydrogens is 400 g/mol. The summed E-state index contributed by atoms with van der Waals surface area (Å²) in [6.07, 6.45) is 3.40. The Morgan fingerprint density at radius 3 is 2.41 bits per heavy atom. The summed E-state index contributed by atoms with van der Waals surface area (Å²) in [6.45, 7) is 5.80. The highest BCUT2D eigenvalue weighted by atomic mass is 16.2. The van der Waals surface area contributed by atoms with Crippen LogP contribution in [-0.4, -0.2) is 28.3 Å². The minimum Gasteiger partial charge on any atom is -0.343 e. The van der Waals surface area contributed by atoms with Crippen LogP contribution in [0, 0.1) is 20.8 Å². The van der Waals surface area contributed by atoms with E-state index in [1.807, 2.05) is 69.3 Å². The number of para-hydroxylation sites is 1. The molecule has 0 aliphatic rings. The van der Waals surface area contributed by atoms with E-state index in [2.05, 4.69) is 20.6 Å². The van der Waals surface area contributed by atoms with Gasteiger partial charge in [0.1, 0.15) is 0 Å². The van der Waals surface area contributed by atoms with Gasteiger partial charge in [0.05, 0.1) is 23.3 Å². The number of anilines is 1. The molecule has 6 heteroatoms. The lowest BCUT2D eigenvalue weighted by atomic mass is 10.0. The first kappa shape index (κ1) is 21.2. The van der Waals surface area contributed by atoms with Crippen molar-refractivity contribution in [1.29, 1.82) is 0 Å². The molecule has 0 spiro atoms. The van der Waals surface area contributed by atoms with Crippen molar-refractivity contribution in [3.8, 4) is 11.3 Å². The standard InChI is InChI=1S/C26H24N4O2/c1-16-11-17(2)25(18(3)12-16)30-24(31)15-28-26(32)21-13-23(19-7-6-10-27-14-19)29-22-9-5-4-8-20(21)22/h4-14H,15H2,1-3H3,(H,28,32)(H,30,31). The number of nitrogens with one attached hydrogen (secondary N) is 2. The summed E-state index contributed by atoms with van der Waals surface area (Å²) in [7, 11) is 0. The SMILES string of the molecule is Cc1cc(C)c(NC(=O)CNC(=O)c2cc(-c3cccnc3)nc3ccccc23)c(C)c1. The van der Waals surface area contributed by atoms with Gasteiger partial charge in [-0.3, -0.25) is 14.6 Å². The van der Waals surface area contributed by atoms with Gasteiger partial charge in [-0.2, -0.15) is 0 Å². The van der Waals surface area contributed by atoms with Crippen LogP contribution in [0.2, 0.25) is 0 Å². The van der Waals surface area contributed by atoms with Gasteiger partial charge in [0, 0.05) is 29.0 Å². The summed E-state index contributed by atoms with van der Waals surface area (Å²) in [5.74, 6) is -0.611. The van der Waals surface area contributed by atoms with E-state index in [0.717, 1.165) is 33.3 Å². The monoisotopic (exact) mass is 424 g/mol. The zero-order chi connectivity index (χ0) is 22.7. The van der Waals surface area contributed by atoms with Crippen LogP contribution in [0.1, 0.15) is 27.0 Å². The van der Waals surface area contributed by atoms with Crippen LogP contribution >= 0.6 is 0 Å². The van der Waals surface area contributed by atoms with Gasteiger partial charge >= 0.3 is 0 Å². The van der Waals surface area contributed by atoms with E-state index in [0.29, 0.717) is 16.8 Å². The average Bonchev–Trinajstić information content (AvgIpc) is 2.79. The number of amides is 2. The fourth-order valence-electron chi connectivity index (χ4n) is 3.84. The Hall–Kier alpha value is -4.06. The van der Waals surface area contributed by atoms with Crippen LogP contribution < -0.4 is 10.6 Å². The molecule has 0 aliphatic heterocycles. The van der Waals surface area contributed by atoms with Crippen molar-refractivity contribution in [2.45, 2.75) is 20.8 Å². The third-order valence-electron chi connectivity index (χ3n) is 5.27. The highest BCUT2D eigenvalue weighted by Gasteiger charge is 2.16. The van der Waals surface area contributed by atoms with E-state index < -0.39 is 0 Å². The van der Waals surface area contributed by atoms with Crippen molar-refractivity contribution >= 4 is 28.4 Å². The first-order chi connectivity index (χ1) is 15.4. The predicted molar refractivity (Wildman–Crippen MR) is 127 cm³/mol. The van der Waals surface area contributed by atoms with Crippen LogP contribution in [0.4, 0.5) is 5.69 Å². The van der Waals surface area contributed by atoms with Crippen molar-refractivity contribution in [2.75, 3.05) is 11.9 Å². The molecule has 32 heavy (non-hydrogen) atoms. The Morgan fingerprint density at radius 2 is 1.69 bits per heavy atom. The molecule has 0 atom stereocenters. The summed E-state index contributed by atoms with van der Waals surface area (Å²) in [5.41, 5.74) is 6.53. The molecule has 2 heterocycles. The molecule has 0 radical (unpaired) electrons. The van der Waals surface area contributed by atoms with Gasteiger partial charge in [-0.25, -0.2) is 4.98 Å². The molecular formula is C26H24N4O2. The molecule has 0 fully saturated rings. The Balaban J connectivity index is 1.56. The summed E-state index contributed by atoms with van der Waals surface area (Å²) in [4.78, 5) is 34.4. The molecule has 0 saturated carbocycles. The van der Waals surface area contributed by atoms with Gasteiger partial charge in [-0.15, -0.1) is 0 Å². The molecule has 4 aromatic rings. The first-order valence-corrected chi connectivity index (χ1v) is 10.4. The van der Waals surface area contributed by atoms with Crippen LogP contribution in [0.3, 0.4) is 0 Å². The third-order valence-corrected chi connectivity index (χ3v) is 5.27. The number of rotatable bonds is 5. The zero-order valence-electron chi connectivity index (χ0n) is 18.3. The quantitative estimate of drug-likeness (QED) is 0.491. The molecule has 2 aromatic carbocycles. The number of carbonyl (C=O) groups is 2. The number of pyridine rings is 2. The number of nitrogens with zero attached hydrogens (tertiary/aromatic N) is 2. The molecule has 0 aliphatic carbocycles. The summed E-state index contributed by atoms with van der Waals surface area (Å²) in [5, 5.41) is 6.38. The second-order valence-electron chi connectivity index (χ2n) is 7.82. The fourth-order valence-corrected chi connectivity index (χ4v) is 3.84. The number of benzene rings is 2.